The van der Waals surface area contributed by atoms with E-state index in [0.29, 0.717) is 0 Å². The van der Waals surface area contributed by atoms with Gasteiger partial charge in [-0.25, -0.2) is 0 Å². The van der Waals surface area contributed by atoms with E-state index in [4.69, 9.17) is 0 Å². The van der Waals surface area contributed by atoms with Crippen LogP contribution in [-0.4, -0.2) is 0 Å². The van der Waals surface area contributed by atoms with Gasteiger partial charge in [-0.1, -0.05) is 89.2 Å². The van der Waals surface area contributed by atoms with Gasteiger partial charge in [0.05, 0.1) is 0 Å². The van der Waals surface area contributed by atoms with Crippen molar-refractivity contribution in [1.29, 1.82) is 0 Å². The predicted octanol–water partition coefficient (Wildman–Crippen LogP) is 8.81. The van der Waals surface area contributed by atoms with Crippen LogP contribution in [0.5, 0.6) is 0 Å². The van der Waals surface area contributed by atoms with E-state index >= 15 is 0 Å². The van der Waals surface area contributed by atoms with E-state index in [2.05, 4.69) is 101 Å². The molecule has 1 aromatic heterocycles. The zero-order valence-corrected chi connectivity index (χ0v) is 19.1. The highest BCUT2D eigenvalue weighted by molar-refractivity contribution is 7.26. The molecule has 1 aliphatic rings. The van der Waals surface area contributed by atoms with Crippen molar-refractivity contribution in [3.05, 3.63) is 83.4 Å². The van der Waals surface area contributed by atoms with E-state index in [1.807, 2.05) is 11.3 Å². The molecule has 1 heterocycles. The molecule has 0 radical (unpaired) electrons. The molecule has 0 nitrogen and oxygen atoms in total. The normalized spacial score (nSPS) is 15.1. The van der Waals surface area contributed by atoms with Crippen LogP contribution in [-0.2, 0) is 10.8 Å². The van der Waals surface area contributed by atoms with E-state index in [-0.39, 0.29) is 10.8 Å². The van der Waals surface area contributed by atoms with E-state index in [1.165, 1.54) is 58.8 Å². The third kappa shape index (κ3) is 2.27. The highest BCUT2D eigenvalue weighted by atomic mass is 32.1. The van der Waals surface area contributed by atoms with Gasteiger partial charge < -0.3 is 0 Å². The van der Waals surface area contributed by atoms with Crippen LogP contribution in [0, 0.1) is 0 Å². The molecule has 0 saturated carbocycles. The molecule has 0 fully saturated rings. The summed E-state index contributed by atoms with van der Waals surface area (Å²) in [5.41, 5.74) is 7.31. The van der Waals surface area contributed by atoms with Crippen molar-refractivity contribution in [2.24, 2.45) is 0 Å². The lowest BCUT2D eigenvalue weighted by Gasteiger charge is -2.23. The van der Waals surface area contributed by atoms with Gasteiger partial charge in [0.25, 0.3) is 0 Å². The summed E-state index contributed by atoms with van der Waals surface area (Å²) >= 11 is 1.96. The summed E-state index contributed by atoms with van der Waals surface area (Å²) in [6.07, 6.45) is 0. The lowest BCUT2D eigenvalue weighted by Crippen LogP contribution is -2.15. The second kappa shape index (κ2) is 5.74. The van der Waals surface area contributed by atoms with Crippen LogP contribution < -0.4 is 0 Å². The van der Waals surface area contributed by atoms with Crippen molar-refractivity contribution in [3.63, 3.8) is 0 Å². The minimum atomic E-state index is 0.00641. The maximum Gasteiger partial charge on any atom is 0.0437 e. The average Bonchev–Trinajstić information content (AvgIpc) is 3.20. The Bertz CT molecular complexity index is 1490. The van der Waals surface area contributed by atoms with Crippen molar-refractivity contribution in [3.8, 4) is 11.1 Å². The first-order chi connectivity index (χ1) is 14.3. The monoisotopic (exact) mass is 406 g/mol. The van der Waals surface area contributed by atoms with Crippen molar-refractivity contribution in [2.45, 2.75) is 45.4 Å². The third-order valence-electron chi connectivity index (χ3n) is 7.00. The maximum atomic E-state index is 2.42. The first kappa shape index (κ1) is 18.2. The van der Waals surface area contributed by atoms with Crippen molar-refractivity contribution >= 4 is 42.3 Å². The minimum absolute atomic E-state index is 0.00641. The van der Waals surface area contributed by atoms with Crippen LogP contribution in [0.2, 0.25) is 0 Å². The third-order valence-corrected chi connectivity index (χ3v) is 8.21. The van der Waals surface area contributed by atoms with Crippen LogP contribution in [0.15, 0.2) is 66.7 Å². The molecule has 1 aliphatic carbocycles. The molecule has 0 amide bonds. The van der Waals surface area contributed by atoms with Gasteiger partial charge in [0.1, 0.15) is 0 Å². The van der Waals surface area contributed by atoms with Gasteiger partial charge in [0.2, 0.25) is 0 Å². The molecule has 1 heteroatoms. The maximum absolute atomic E-state index is 2.42. The molecule has 0 N–H and O–H groups in total. The van der Waals surface area contributed by atoms with Gasteiger partial charge in [0, 0.05) is 31.0 Å². The SMILES string of the molecule is CC(C)(C)c1ccc2sc3c(ccc4ccc5c(c43)C(C)(C)c3ccccc3-5)c2c1. The fourth-order valence-corrected chi connectivity index (χ4v) is 6.63. The number of fused-ring (bicyclic) bond motifs is 9. The van der Waals surface area contributed by atoms with Gasteiger partial charge in [0.15, 0.2) is 0 Å². The van der Waals surface area contributed by atoms with Crippen LogP contribution in [0.25, 0.3) is 42.1 Å². The smallest absolute Gasteiger partial charge is 0.0437 e. The fraction of sp³-hybridized carbons (Fsp3) is 0.241. The first-order valence-corrected chi connectivity index (χ1v) is 11.6. The molecule has 148 valence electrons. The number of hydrogen-bond donors (Lipinski definition) is 0. The van der Waals surface area contributed by atoms with E-state index in [0.717, 1.165) is 0 Å². The van der Waals surface area contributed by atoms with E-state index in [1.54, 1.807) is 0 Å². The number of benzene rings is 4. The van der Waals surface area contributed by atoms with Gasteiger partial charge in [-0.05, 0) is 50.8 Å². The molecule has 4 aromatic carbocycles. The summed E-state index contributed by atoms with van der Waals surface area (Å²) in [6, 6.07) is 25.3. The van der Waals surface area contributed by atoms with E-state index < -0.39 is 0 Å². The Labute approximate surface area is 182 Å². The molecule has 0 atom stereocenters. The van der Waals surface area contributed by atoms with Crippen LogP contribution in [0.3, 0.4) is 0 Å². The van der Waals surface area contributed by atoms with Crippen LogP contribution >= 0.6 is 11.3 Å². The first-order valence-electron chi connectivity index (χ1n) is 10.8. The summed E-state index contributed by atoms with van der Waals surface area (Å²) in [6.45, 7) is 11.7. The predicted molar refractivity (Wildman–Crippen MR) is 133 cm³/mol. The largest absolute Gasteiger partial charge is 0.135 e. The molecule has 0 spiro atoms. The zero-order chi connectivity index (χ0) is 20.8. The Morgan fingerprint density at radius 1 is 0.767 bits per heavy atom. The Hall–Kier alpha value is -2.64. The molecule has 0 saturated heterocycles. The highest BCUT2D eigenvalue weighted by Gasteiger charge is 2.37. The number of hydrogen-bond acceptors (Lipinski definition) is 1. The zero-order valence-electron chi connectivity index (χ0n) is 18.3. The number of thiophene rings is 1. The molecular formula is C29H26S. The highest BCUT2D eigenvalue weighted by Crippen LogP contribution is 2.53. The van der Waals surface area contributed by atoms with Gasteiger partial charge in [-0.2, -0.15) is 0 Å². The molecule has 5 aromatic rings. The molecule has 30 heavy (non-hydrogen) atoms. The van der Waals surface area contributed by atoms with Gasteiger partial charge in [-0.15, -0.1) is 11.3 Å². The molecule has 0 bridgehead atoms. The Kier molecular flexibility index (Phi) is 3.47. The van der Waals surface area contributed by atoms with Crippen LogP contribution in [0.4, 0.5) is 0 Å². The second-order valence-corrected chi connectivity index (χ2v) is 11.3. The van der Waals surface area contributed by atoms with Crippen molar-refractivity contribution < 1.29 is 0 Å². The fourth-order valence-electron chi connectivity index (χ4n) is 5.38. The van der Waals surface area contributed by atoms with Crippen molar-refractivity contribution in [2.75, 3.05) is 0 Å². The Morgan fingerprint density at radius 3 is 2.33 bits per heavy atom. The Morgan fingerprint density at radius 2 is 1.53 bits per heavy atom. The number of rotatable bonds is 0. The second-order valence-electron chi connectivity index (χ2n) is 10.3. The lowest BCUT2D eigenvalue weighted by molar-refractivity contribution is 0.591. The summed E-state index contributed by atoms with van der Waals surface area (Å²) < 4.78 is 2.82. The topological polar surface area (TPSA) is 0 Å². The lowest BCUT2D eigenvalue weighted by atomic mass is 9.80. The average molecular weight is 407 g/mol. The standard InChI is InChI=1S/C29H26S/c1-28(2,3)18-12-15-24-22(16-18)21-14-11-17-10-13-20-19-8-6-7-9-23(19)29(4,5)26(20)25(17)27(21)30-24/h6-16H,1-5H3. The molecular weight excluding hydrogens is 380 g/mol. The van der Waals surface area contributed by atoms with E-state index in [9.17, 15) is 0 Å². The van der Waals surface area contributed by atoms with Crippen LogP contribution in [0.1, 0.15) is 51.3 Å². The minimum Gasteiger partial charge on any atom is -0.135 e. The van der Waals surface area contributed by atoms with Crippen molar-refractivity contribution in [1.82, 2.24) is 0 Å². The van der Waals surface area contributed by atoms with Gasteiger partial charge >= 0.3 is 0 Å². The summed E-state index contributed by atoms with van der Waals surface area (Å²) in [5, 5.41) is 5.60. The summed E-state index contributed by atoms with van der Waals surface area (Å²) in [4.78, 5) is 0. The summed E-state index contributed by atoms with van der Waals surface area (Å²) in [7, 11) is 0. The molecule has 0 unspecified atom stereocenters. The summed E-state index contributed by atoms with van der Waals surface area (Å²) in [5.74, 6) is 0. The Balaban J connectivity index is 1.77. The van der Waals surface area contributed by atoms with Gasteiger partial charge in [-0.3, -0.25) is 0 Å². The quantitative estimate of drug-likeness (QED) is 0.241. The molecule has 0 aliphatic heterocycles. The molecule has 6 rings (SSSR count).